The number of carbonyl (C=O) groups is 2. The van der Waals surface area contributed by atoms with Crippen LogP contribution in [0.25, 0.3) is 0 Å². The van der Waals surface area contributed by atoms with Gasteiger partial charge in [-0.3, -0.25) is 13.9 Å². The molecule has 0 aliphatic rings. The molecule has 0 aliphatic heterocycles. The SMILES string of the molecule is CCCCNC(=O)[C@@H](Cc1ccccc1)N(Cc1cccc(Br)c1)C(=O)CN(c1cccc(OC)c1)S(=O)(=O)c1ccccc1. The summed E-state index contributed by atoms with van der Waals surface area (Å²) in [7, 11) is -2.70. The van der Waals surface area contributed by atoms with Gasteiger partial charge in [0.05, 0.1) is 17.7 Å². The van der Waals surface area contributed by atoms with Gasteiger partial charge in [-0.25, -0.2) is 8.42 Å². The van der Waals surface area contributed by atoms with E-state index in [1.165, 1.54) is 24.1 Å². The van der Waals surface area contributed by atoms with Gasteiger partial charge in [-0.05, 0) is 53.9 Å². The van der Waals surface area contributed by atoms with E-state index in [1.54, 1.807) is 42.5 Å². The molecule has 0 aliphatic carbocycles. The van der Waals surface area contributed by atoms with Crippen molar-refractivity contribution in [3.05, 3.63) is 125 Å². The summed E-state index contributed by atoms with van der Waals surface area (Å²) in [4.78, 5) is 29.9. The highest BCUT2D eigenvalue weighted by Crippen LogP contribution is 2.28. The van der Waals surface area contributed by atoms with Crippen LogP contribution in [0.4, 0.5) is 5.69 Å². The van der Waals surface area contributed by atoms with Crippen LogP contribution in [0.5, 0.6) is 5.75 Å². The molecule has 0 radical (unpaired) electrons. The van der Waals surface area contributed by atoms with Gasteiger partial charge in [-0.1, -0.05) is 96.0 Å². The van der Waals surface area contributed by atoms with Crippen LogP contribution in [0, 0.1) is 0 Å². The molecule has 1 N–H and O–H groups in total. The highest BCUT2D eigenvalue weighted by atomic mass is 79.9. The van der Waals surface area contributed by atoms with E-state index < -0.39 is 28.5 Å². The first-order valence-electron chi connectivity index (χ1n) is 14.8. The number of methoxy groups -OCH3 is 1. The van der Waals surface area contributed by atoms with Crippen molar-refractivity contribution >= 4 is 43.5 Å². The average Bonchev–Trinajstić information content (AvgIpc) is 3.06. The van der Waals surface area contributed by atoms with E-state index in [-0.39, 0.29) is 29.5 Å². The molecular weight excluding hydrogens is 654 g/mol. The molecule has 4 rings (SSSR count). The summed E-state index contributed by atoms with van der Waals surface area (Å²) < 4.78 is 35.5. The minimum absolute atomic E-state index is 0.0392. The first-order chi connectivity index (χ1) is 21.7. The van der Waals surface area contributed by atoms with Crippen LogP contribution < -0.4 is 14.4 Å². The molecule has 0 heterocycles. The highest BCUT2D eigenvalue weighted by molar-refractivity contribution is 9.10. The maximum Gasteiger partial charge on any atom is 0.264 e. The smallest absolute Gasteiger partial charge is 0.264 e. The highest BCUT2D eigenvalue weighted by Gasteiger charge is 2.34. The Morgan fingerprint density at radius 1 is 0.867 bits per heavy atom. The number of rotatable bonds is 15. The molecule has 8 nitrogen and oxygen atoms in total. The van der Waals surface area contributed by atoms with Crippen LogP contribution in [-0.2, 0) is 32.6 Å². The summed E-state index contributed by atoms with van der Waals surface area (Å²) in [6.07, 6.45) is 1.95. The van der Waals surface area contributed by atoms with Crippen LogP contribution in [0.1, 0.15) is 30.9 Å². The lowest BCUT2D eigenvalue weighted by molar-refractivity contribution is -0.140. The second kappa shape index (κ2) is 16.2. The van der Waals surface area contributed by atoms with Crippen molar-refractivity contribution in [3.8, 4) is 5.75 Å². The lowest BCUT2D eigenvalue weighted by Crippen LogP contribution is -2.53. The average molecular weight is 693 g/mol. The second-order valence-corrected chi connectivity index (χ2v) is 13.3. The number of carbonyl (C=O) groups excluding carboxylic acids is 2. The van der Waals surface area contributed by atoms with Gasteiger partial charge < -0.3 is 15.0 Å². The Morgan fingerprint density at radius 2 is 1.53 bits per heavy atom. The van der Waals surface area contributed by atoms with Crippen LogP contribution in [0.3, 0.4) is 0 Å². The number of nitrogens with zero attached hydrogens (tertiary/aromatic N) is 2. The van der Waals surface area contributed by atoms with Gasteiger partial charge in [0.2, 0.25) is 11.8 Å². The molecule has 0 bridgehead atoms. The lowest BCUT2D eigenvalue weighted by Gasteiger charge is -2.34. The maximum atomic E-state index is 14.5. The molecule has 0 spiro atoms. The zero-order chi connectivity index (χ0) is 32.2. The normalized spacial score (nSPS) is 11.8. The van der Waals surface area contributed by atoms with Crippen molar-refractivity contribution in [2.24, 2.45) is 0 Å². The van der Waals surface area contributed by atoms with E-state index in [0.29, 0.717) is 12.3 Å². The molecule has 0 saturated carbocycles. The Hall–Kier alpha value is -4.15. The van der Waals surface area contributed by atoms with Gasteiger partial charge >= 0.3 is 0 Å². The number of benzene rings is 4. The third-order valence-corrected chi connectivity index (χ3v) is 9.58. The number of unbranched alkanes of at least 4 members (excludes halogenated alkanes) is 1. The molecule has 0 aromatic heterocycles. The number of anilines is 1. The predicted octanol–water partition coefficient (Wildman–Crippen LogP) is 6.21. The molecule has 236 valence electrons. The van der Waals surface area contributed by atoms with E-state index in [9.17, 15) is 18.0 Å². The van der Waals surface area contributed by atoms with Gasteiger partial charge in [-0.15, -0.1) is 0 Å². The number of halogens is 1. The minimum Gasteiger partial charge on any atom is -0.497 e. The number of sulfonamides is 1. The van der Waals surface area contributed by atoms with Gasteiger partial charge in [0.1, 0.15) is 18.3 Å². The molecule has 4 aromatic carbocycles. The number of nitrogens with one attached hydrogen (secondary N) is 1. The Bertz CT molecular complexity index is 1670. The second-order valence-electron chi connectivity index (χ2n) is 10.5. The number of amides is 2. The quantitative estimate of drug-likeness (QED) is 0.150. The van der Waals surface area contributed by atoms with E-state index in [1.807, 2.05) is 61.5 Å². The minimum atomic E-state index is -4.19. The molecule has 0 unspecified atom stereocenters. The summed E-state index contributed by atoms with van der Waals surface area (Å²) in [5.74, 6) is -0.380. The summed E-state index contributed by atoms with van der Waals surface area (Å²) in [6, 6.07) is 30.6. The van der Waals surface area contributed by atoms with E-state index in [4.69, 9.17) is 4.74 Å². The van der Waals surface area contributed by atoms with Crippen LogP contribution >= 0.6 is 15.9 Å². The number of hydrogen-bond acceptors (Lipinski definition) is 5. The lowest BCUT2D eigenvalue weighted by atomic mass is 10.0. The van der Waals surface area contributed by atoms with Crippen molar-refractivity contribution in [2.45, 2.75) is 43.7 Å². The van der Waals surface area contributed by atoms with Crippen molar-refractivity contribution in [1.29, 1.82) is 0 Å². The molecule has 2 amide bonds. The molecule has 0 fully saturated rings. The topological polar surface area (TPSA) is 96.0 Å². The maximum absolute atomic E-state index is 14.5. The van der Waals surface area contributed by atoms with Gasteiger partial charge in [0.25, 0.3) is 10.0 Å². The molecule has 45 heavy (non-hydrogen) atoms. The van der Waals surface area contributed by atoms with Crippen molar-refractivity contribution in [3.63, 3.8) is 0 Å². The number of ether oxygens (including phenoxy) is 1. The standard InChI is InChI=1S/C35H38BrN3O5S/c1-3-4-21-37-35(41)33(23-27-13-7-5-8-14-27)38(25-28-15-11-16-29(36)22-28)34(40)26-39(30-17-12-18-31(24-30)44-2)45(42,43)32-19-9-6-10-20-32/h5-20,22,24,33H,3-4,21,23,25-26H2,1-2H3,(H,37,41)/t33-/m1/s1. The van der Waals surface area contributed by atoms with E-state index in [2.05, 4.69) is 21.2 Å². The van der Waals surface area contributed by atoms with E-state index >= 15 is 0 Å². The monoisotopic (exact) mass is 691 g/mol. The van der Waals surface area contributed by atoms with Crippen LogP contribution in [0.15, 0.2) is 119 Å². The summed E-state index contributed by atoms with van der Waals surface area (Å²) >= 11 is 3.51. The van der Waals surface area contributed by atoms with Crippen molar-refractivity contribution < 1.29 is 22.7 Å². The van der Waals surface area contributed by atoms with Gasteiger partial charge in [-0.2, -0.15) is 0 Å². The Kier molecular flexibility index (Phi) is 12.2. The third kappa shape index (κ3) is 9.18. The van der Waals surface area contributed by atoms with Crippen molar-refractivity contribution in [2.75, 3.05) is 24.5 Å². The third-order valence-electron chi connectivity index (χ3n) is 7.29. The fraction of sp³-hybridized carbons (Fsp3) is 0.257. The molecule has 10 heteroatoms. The zero-order valence-corrected chi connectivity index (χ0v) is 27.8. The number of hydrogen-bond donors (Lipinski definition) is 1. The fourth-order valence-corrected chi connectivity index (χ4v) is 6.78. The first kappa shape index (κ1) is 33.7. The zero-order valence-electron chi connectivity index (χ0n) is 25.4. The molecule has 1 atom stereocenters. The first-order valence-corrected chi connectivity index (χ1v) is 17.0. The Labute approximate surface area is 274 Å². The van der Waals surface area contributed by atoms with Crippen LogP contribution in [-0.4, -0.2) is 51.4 Å². The van der Waals surface area contributed by atoms with Gasteiger partial charge in [0, 0.05) is 30.0 Å². The summed E-state index contributed by atoms with van der Waals surface area (Å²) in [5, 5.41) is 3.00. The summed E-state index contributed by atoms with van der Waals surface area (Å²) in [5.41, 5.74) is 1.93. The van der Waals surface area contributed by atoms with Crippen molar-refractivity contribution in [1.82, 2.24) is 10.2 Å². The molecule has 0 saturated heterocycles. The van der Waals surface area contributed by atoms with Gasteiger partial charge in [0.15, 0.2) is 0 Å². The Balaban J connectivity index is 1.79. The van der Waals surface area contributed by atoms with E-state index in [0.717, 1.165) is 32.7 Å². The fourth-order valence-electron chi connectivity index (χ4n) is 4.91. The van der Waals surface area contributed by atoms with Crippen LogP contribution in [0.2, 0.25) is 0 Å². The summed E-state index contributed by atoms with van der Waals surface area (Å²) in [6.45, 7) is 2.06. The molecular formula is C35H38BrN3O5S. The largest absolute Gasteiger partial charge is 0.497 e. The predicted molar refractivity (Wildman–Crippen MR) is 181 cm³/mol. The molecule has 4 aromatic rings. The Morgan fingerprint density at radius 3 is 2.20 bits per heavy atom.